The van der Waals surface area contributed by atoms with Gasteiger partial charge in [-0.25, -0.2) is 4.39 Å². The Morgan fingerprint density at radius 3 is 2.50 bits per heavy atom. The van der Waals surface area contributed by atoms with Crippen LogP contribution in [0.2, 0.25) is 0 Å². The minimum absolute atomic E-state index is 0.00694. The lowest BCUT2D eigenvalue weighted by molar-refractivity contribution is 0.0303. The molecule has 30 heavy (non-hydrogen) atoms. The maximum absolute atomic E-state index is 13.5. The van der Waals surface area contributed by atoms with Gasteiger partial charge in [-0.3, -0.25) is 9.59 Å². The topological polar surface area (TPSA) is 59.1 Å². The van der Waals surface area contributed by atoms with E-state index in [9.17, 15) is 14.0 Å². The number of ether oxygens (including phenoxy) is 2. The van der Waals surface area contributed by atoms with E-state index in [1.165, 1.54) is 12.1 Å². The van der Waals surface area contributed by atoms with Crippen LogP contribution in [-0.4, -0.2) is 67.1 Å². The monoisotopic (exact) mass is 412 g/mol. The van der Waals surface area contributed by atoms with Crippen molar-refractivity contribution in [2.75, 3.05) is 39.5 Å². The molecule has 158 valence electrons. The molecule has 0 bridgehead atoms. The Hall–Kier alpha value is -2.93. The third kappa shape index (κ3) is 4.62. The quantitative estimate of drug-likeness (QED) is 0.758. The number of carbonyl (C=O) groups is 2. The van der Waals surface area contributed by atoms with Gasteiger partial charge in [0.1, 0.15) is 18.2 Å². The molecule has 2 aliphatic rings. The van der Waals surface area contributed by atoms with Crippen LogP contribution in [0.4, 0.5) is 4.39 Å². The fraction of sp³-hybridized carbons (Fsp3) is 0.391. The van der Waals surface area contributed by atoms with E-state index in [1.807, 2.05) is 0 Å². The molecule has 2 aliphatic heterocycles. The molecule has 6 nitrogen and oxygen atoms in total. The highest BCUT2D eigenvalue weighted by atomic mass is 19.1. The largest absolute Gasteiger partial charge is 0.491 e. The number of benzene rings is 2. The summed E-state index contributed by atoms with van der Waals surface area (Å²) in [5, 5.41) is 0. The minimum Gasteiger partial charge on any atom is -0.491 e. The number of halogens is 1. The smallest absolute Gasteiger partial charge is 0.254 e. The summed E-state index contributed by atoms with van der Waals surface area (Å²) in [6.07, 6.45) is 1.73. The lowest BCUT2D eigenvalue weighted by atomic mass is 10.1. The normalized spacial score (nSPS) is 19.0. The van der Waals surface area contributed by atoms with Crippen LogP contribution in [0, 0.1) is 5.82 Å². The lowest BCUT2D eigenvalue weighted by Crippen LogP contribution is -2.40. The van der Waals surface area contributed by atoms with E-state index in [0.717, 1.165) is 12.8 Å². The number of hydrogen-bond donors (Lipinski definition) is 0. The van der Waals surface area contributed by atoms with Crippen LogP contribution in [0.5, 0.6) is 5.75 Å². The van der Waals surface area contributed by atoms with E-state index in [2.05, 4.69) is 0 Å². The fourth-order valence-corrected chi connectivity index (χ4v) is 3.90. The predicted molar refractivity (Wildman–Crippen MR) is 109 cm³/mol. The summed E-state index contributed by atoms with van der Waals surface area (Å²) in [5.74, 6) is 0.0534. The maximum atomic E-state index is 13.5. The molecule has 0 unspecified atom stereocenters. The Labute approximate surface area is 175 Å². The van der Waals surface area contributed by atoms with Crippen LogP contribution in [0.25, 0.3) is 0 Å². The first-order valence-electron chi connectivity index (χ1n) is 10.3. The first-order chi connectivity index (χ1) is 14.6. The number of rotatable bonds is 5. The van der Waals surface area contributed by atoms with Gasteiger partial charge in [0.2, 0.25) is 0 Å². The summed E-state index contributed by atoms with van der Waals surface area (Å²) >= 11 is 0. The van der Waals surface area contributed by atoms with Gasteiger partial charge in [-0.2, -0.15) is 0 Å². The van der Waals surface area contributed by atoms with Crippen molar-refractivity contribution in [2.45, 2.75) is 18.9 Å². The van der Waals surface area contributed by atoms with Crippen LogP contribution in [-0.2, 0) is 4.74 Å². The van der Waals surface area contributed by atoms with Crippen LogP contribution < -0.4 is 4.74 Å². The van der Waals surface area contributed by atoms with Crippen LogP contribution >= 0.6 is 0 Å². The highest BCUT2D eigenvalue weighted by Crippen LogP contribution is 2.22. The zero-order valence-electron chi connectivity index (χ0n) is 16.8. The van der Waals surface area contributed by atoms with E-state index in [0.29, 0.717) is 56.3 Å². The summed E-state index contributed by atoms with van der Waals surface area (Å²) in [5.41, 5.74) is 0.973. The van der Waals surface area contributed by atoms with Crippen LogP contribution in [0.1, 0.15) is 33.6 Å². The molecule has 2 aromatic carbocycles. The molecule has 2 fully saturated rings. The van der Waals surface area contributed by atoms with E-state index < -0.39 is 5.82 Å². The van der Waals surface area contributed by atoms with E-state index in [4.69, 9.17) is 9.47 Å². The molecule has 0 saturated carbocycles. The van der Waals surface area contributed by atoms with Gasteiger partial charge in [-0.15, -0.1) is 0 Å². The van der Waals surface area contributed by atoms with Crippen molar-refractivity contribution in [1.29, 1.82) is 0 Å². The zero-order chi connectivity index (χ0) is 20.9. The van der Waals surface area contributed by atoms with Gasteiger partial charge < -0.3 is 19.3 Å². The standard InChI is InChI=1S/C23H25FN2O4/c24-19-4-1-3-18(15-19)23(28)26-10-2-5-20(26)16-30-21-8-6-17(7-9-21)22(27)25-11-13-29-14-12-25/h1,3-4,6-9,15,20H,2,5,10-14,16H2/t20-/m0/s1. The van der Waals surface area contributed by atoms with Gasteiger partial charge in [-0.05, 0) is 55.3 Å². The highest BCUT2D eigenvalue weighted by molar-refractivity contribution is 5.95. The Kier molecular flexibility index (Phi) is 6.28. The van der Waals surface area contributed by atoms with Gasteiger partial charge in [0, 0.05) is 30.8 Å². The second-order valence-electron chi connectivity index (χ2n) is 7.54. The second-order valence-corrected chi connectivity index (χ2v) is 7.54. The number of carbonyl (C=O) groups excluding carboxylic acids is 2. The van der Waals surface area contributed by atoms with E-state index in [1.54, 1.807) is 46.2 Å². The number of likely N-dealkylation sites (tertiary alicyclic amines) is 1. The van der Waals surface area contributed by atoms with E-state index >= 15 is 0 Å². The molecule has 0 N–H and O–H groups in total. The Morgan fingerprint density at radius 1 is 1.00 bits per heavy atom. The molecule has 2 heterocycles. The first-order valence-corrected chi connectivity index (χ1v) is 10.3. The van der Waals surface area contributed by atoms with Crippen molar-refractivity contribution in [1.82, 2.24) is 9.80 Å². The third-order valence-electron chi connectivity index (χ3n) is 5.55. The molecule has 0 aliphatic carbocycles. The molecule has 2 amide bonds. The Bertz CT molecular complexity index is 896. The van der Waals surface area contributed by atoms with Crippen molar-refractivity contribution in [3.63, 3.8) is 0 Å². The lowest BCUT2D eigenvalue weighted by Gasteiger charge is -2.27. The number of nitrogens with zero attached hydrogens (tertiary/aromatic N) is 2. The summed E-state index contributed by atoms with van der Waals surface area (Å²) < 4.78 is 24.6. The van der Waals surface area contributed by atoms with Crippen molar-refractivity contribution in [3.8, 4) is 5.75 Å². The molecule has 2 aromatic rings. The first kappa shape index (κ1) is 20.3. The second kappa shape index (κ2) is 9.26. The van der Waals surface area contributed by atoms with Gasteiger partial charge >= 0.3 is 0 Å². The number of hydrogen-bond acceptors (Lipinski definition) is 4. The third-order valence-corrected chi connectivity index (χ3v) is 5.55. The summed E-state index contributed by atoms with van der Waals surface area (Å²) in [6, 6.07) is 12.8. The Morgan fingerprint density at radius 2 is 1.77 bits per heavy atom. The molecule has 7 heteroatoms. The molecule has 0 radical (unpaired) electrons. The van der Waals surface area contributed by atoms with Gasteiger partial charge in [0.05, 0.1) is 19.3 Å². The molecular weight excluding hydrogens is 387 g/mol. The average Bonchev–Trinajstić information content (AvgIpc) is 3.26. The fourth-order valence-electron chi connectivity index (χ4n) is 3.90. The van der Waals surface area contributed by atoms with E-state index in [-0.39, 0.29) is 17.9 Å². The average molecular weight is 412 g/mol. The SMILES string of the molecule is O=C(c1ccc(OC[C@@H]2CCCN2C(=O)c2cccc(F)c2)cc1)N1CCOCC1. The molecule has 0 spiro atoms. The van der Waals surface area contributed by atoms with Crippen molar-refractivity contribution in [3.05, 3.63) is 65.5 Å². The van der Waals surface area contributed by atoms with Crippen molar-refractivity contribution >= 4 is 11.8 Å². The Balaban J connectivity index is 1.34. The molecule has 0 aromatic heterocycles. The molecule has 2 saturated heterocycles. The van der Waals surface area contributed by atoms with Crippen molar-refractivity contribution < 1.29 is 23.5 Å². The molecule has 1 atom stereocenters. The number of morpholine rings is 1. The van der Waals surface area contributed by atoms with Crippen molar-refractivity contribution in [2.24, 2.45) is 0 Å². The molecule has 4 rings (SSSR count). The van der Waals surface area contributed by atoms with Gasteiger partial charge in [-0.1, -0.05) is 6.07 Å². The summed E-state index contributed by atoms with van der Waals surface area (Å²) in [4.78, 5) is 28.8. The minimum atomic E-state index is -0.417. The summed E-state index contributed by atoms with van der Waals surface area (Å²) in [7, 11) is 0. The number of amides is 2. The van der Waals surface area contributed by atoms with Gasteiger partial charge in [0.15, 0.2) is 0 Å². The van der Waals surface area contributed by atoms with Crippen LogP contribution in [0.3, 0.4) is 0 Å². The van der Waals surface area contributed by atoms with Crippen LogP contribution in [0.15, 0.2) is 48.5 Å². The maximum Gasteiger partial charge on any atom is 0.254 e. The molecular formula is C23H25FN2O4. The highest BCUT2D eigenvalue weighted by Gasteiger charge is 2.30. The summed E-state index contributed by atoms with van der Waals surface area (Å²) in [6.45, 7) is 3.34. The zero-order valence-corrected chi connectivity index (χ0v) is 16.8. The van der Waals surface area contributed by atoms with Gasteiger partial charge in [0.25, 0.3) is 11.8 Å². The predicted octanol–water partition coefficient (Wildman–Crippen LogP) is 2.98.